The number of hydrogen-bond acceptors (Lipinski definition) is 5. The van der Waals surface area contributed by atoms with Crippen LogP contribution in [0.3, 0.4) is 0 Å². The molecule has 0 bridgehead atoms. The van der Waals surface area contributed by atoms with E-state index < -0.39 is 11.9 Å². The number of benzene rings is 1. The molecule has 1 N–H and O–H groups in total. The highest BCUT2D eigenvalue weighted by Gasteiger charge is 2.21. The van der Waals surface area contributed by atoms with Crippen molar-refractivity contribution in [1.82, 2.24) is 19.3 Å². The Hall–Kier alpha value is -3.43. The van der Waals surface area contributed by atoms with Gasteiger partial charge in [-0.3, -0.25) is 19.5 Å². The third-order valence-corrected chi connectivity index (χ3v) is 6.11. The van der Waals surface area contributed by atoms with Crippen LogP contribution >= 0.6 is 15.9 Å². The van der Waals surface area contributed by atoms with Gasteiger partial charge in [0, 0.05) is 52.9 Å². The molecule has 0 unspecified atom stereocenters. The predicted octanol–water partition coefficient (Wildman–Crippen LogP) is 3.48. The number of fused-ring (bicyclic) bond motifs is 1. The molecule has 33 heavy (non-hydrogen) atoms. The molecule has 1 aliphatic rings. The summed E-state index contributed by atoms with van der Waals surface area (Å²) in [6.07, 6.45) is 7.01. The Morgan fingerprint density at radius 2 is 2.00 bits per heavy atom. The van der Waals surface area contributed by atoms with Gasteiger partial charge in [0.05, 0.1) is 36.8 Å². The quantitative estimate of drug-likeness (QED) is 0.448. The molecule has 5 rings (SSSR count). The number of aliphatic hydroxyl groups excluding tert-OH is 1. The minimum Gasteiger partial charge on any atom is -0.394 e. The van der Waals surface area contributed by atoms with Crippen LogP contribution in [0.25, 0.3) is 11.1 Å². The molecule has 0 saturated heterocycles. The number of aliphatic imine (C=N–C) groups is 1. The lowest BCUT2D eigenvalue weighted by atomic mass is 10.0. The number of aliphatic hydroxyl groups is 1. The molecule has 1 aromatic carbocycles. The Bertz CT molecular complexity index is 1440. The van der Waals surface area contributed by atoms with Gasteiger partial charge in [-0.25, -0.2) is 4.39 Å². The van der Waals surface area contributed by atoms with Crippen LogP contribution in [0, 0.1) is 5.82 Å². The van der Waals surface area contributed by atoms with Gasteiger partial charge < -0.3 is 9.67 Å². The van der Waals surface area contributed by atoms with Crippen LogP contribution in [0.1, 0.15) is 28.4 Å². The van der Waals surface area contributed by atoms with E-state index in [9.17, 15) is 14.3 Å². The molecule has 0 amide bonds. The summed E-state index contributed by atoms with van der Waals surface area (Å²) < 4.78 is 17.5. The zero-order chi connectivity index (χ0) is 23.1. The van der Waals surface area contributed by atoms with Gasteiger partial charge in [0.1, 0.15) is 5.82 Å². The largest absolute Gasteiger partial charge is 0.394 e. The fourth-order valence-corrected chi connectivity index (χ4v) is 4.54. The van der Waals surface area contributed by atoms with Gasteiger partial charge in [-0.2, -0.15) is 5.10 Å². The highest BCUT2D eigenvalue weighted by Crippen LogP contribution is 2.27. The summed E-state index contributed by atoms with van der Waals surface area (Å²) in [6, 6.07) is 8.89. The number of aryl methyl sites for hydroxylation is 1. The molecule has 1 atom stereocenters. The molecule has 0 spiro atoms. The van der Waals surface area contributed by atoms with E-state index >= 15 is 0 Å². The van der Waals surface area contributed by atoms with E-state index in [-0.39, 0.29) is 12.2 Å². The normalized spacial score (nSPS) is 13.6. The van der Waals surface area contributed by atoms with Crippen molar-refractivity contribution in [2.75, 3.05) is 6.61 Å². The monoisotopic (exact) mass is 507 g/mol. The second kappa shape index (κ2) is 8.49. The minimum absolute atomic E-state index is 0.311. The maximum absolute atomic E-state index is 13.9. The van der Waals surface area contributed by atoms with Crippen LogP contribution in [0.15, 0.2) is 75.4 Å². The Morgan fingerprint density at radius 1 is 1.15 bits per heavy atom. The summed E-state index contributed by atoms with van der Waals surface area (Å²) in [7, 11) is 1.85. The van der Waals surface area contributed by atoms with Crippen LogP contribution in [-0.2, 0) is 13.6 Å². The van der Waals surface area contributed by atoms with E-state index in [0.29, 0.717) is 22.1 Å². The molecule has 0 saturated carbocycles. The number of rotatable bonds is 5. The third-order valence-electron chi connectivity index (χ3n) is 5.65. The highest BCUT2D eigenvalue weighted by atomic mass is 79.9. The zero-order valence-corrected chi connectivity index (χ0v) is 19.2. The van der Waals surface area contributed by atoms with Gasteiger partial charge >= 0.3 is 0 Å². The average molecular weight is 508 g/mol. The molecule has 4 aromatic rings. The van der Waals surface area contributed by atoms with Crippen LogP contribution in [0.4, 0.5) is 4.39 Å². The lowest BCUT2D eigenvalue weighted by Crippen LogP contribution is -2.27. The fraction of sp³-hybridized carbons (Fsp3) is 0.167. The van der Waals surface area contributed by atoms with E-state index in [2.05, 4.69) is 31.0 Å². The first-order chi connectivity index (χ1) is 15.9. The van der Waals surface area contributed by atoms with Gasteiger partial charge in [0.25, 0.3) is 5.56 Å². The molecular formula is C24H19BrFN5O2. The fourth-order valence-electron chi connectivity index (χ4n) is 4.06. The molecule has 0 fully saturated rings. The molecule has 0 aliphatic carbocycles. The summed E-state index contributed by atoms with van der Waals surface area (Å²) in [5, 5.41) is 14.2. The molecular weight excluding hydrogens is 489 g/mol. The average Bonchev–Trinajstić information content (AvgIpc) is 3.40. The topological polar surface area (TPSA) is 85.3 Å². The number of aromatic nitrogens is 4. The van der Waals surface area contributed by atoms with Crippen LogP contribution in [-0.4, -0.2) is 36.8 Å². The standard InChI is InChI=1S/C24H19BrFN5O2/c1-30-12-17(10-29-30)24-20-6-16(9-27-21(20)11-28-24)14-2-3-31(23(33)7-14)22(13-32)15-4-18(25)8-19(26)5-15/h2-10,12,22,32H,11,13H2,1H3/t22-/m1/s1. The molecule has 1 aliphatic heterocycles. The van der Waals surface area contributed by atoms with Crippen LogP contribution in [0.2, 0.25) is 0 Å². The first kappa shape index (κ1) is 21.4. The van der Waals surface area contributed by atoms with E-state index in [0.717, 1.165) is 28.1 Å². The third kappa shape index (κ3) is 4.05. The van der Waals surface area contributed by atoms with Gasteiger partial charge in [-0.05, 0) is 41.5 Å². The maximum atomic E-state index is 13.9. The smallest absolute Gasteiger partial charge is 0.251 e. The Labute approximate surface area is 197 Å². The van der Waals surface area contributed by atoms with Crippen molar-refractivity contribution in [3.05, 3.63) is 104 Å². The van der Waals surface area contributed by atoms with Crippen LogP contribution < -0.4 is 5.56 Å². The van der Waals surface area contributed by atoms with Gasteiger partial charge in [0.15, 0.2) is 0 Å². The molecule has 7 nitrogen and oxygen atoms in total. The molecule has 0 radical (unpaired) electrons. The highest BCUT2D eigenvalue weighted by molar-refractivity contribution is 9.10. The van der Waals surface area contributed by atoms with Crippen LogP contribution in [0.5, 0.6) is 0 Å². The van der Waals surface area contributed by atoms with Crippen molar-refractivity contribution in [3.8, 4) is 11.1 Å². The van der Waals surface area contributed by atoms with E-state index in [1.165, 1.54) is 22.8 Å². The van der Waals surface area contributed by atoms with Crippen molar-refractivity contribution in [2.24, 2.45) is 12.0 Å². The number of halogens is 2. The van der Waals surface area contributed by atoms with Crippen molar-refractivity contribution in [1.29, 1.82) is 0 Å². The number of pyridine rings is 2. The van der Waals surface area contributed by atoms with Gasteiger partial charge in [0.2, 0.25) is 0 Å². The minimum atomic E-state index is -0.707. The number of nitrogens with zero attached hydrogens (tertiary/aromatic N) is 5. The van der Waals surface area contributed by atoms with E-state index in [1.54, 1.807) is 35.4 Å². The Balaban J connectivity index is 1.50. The SMILES string of the molecule is Cn1cc(C2=NCc3ncc(-c4ccn([C@H](CO)c5cc(F)cc(Br)c5)c(=O)c4)cc32)cn1. The second-order valence-corrected chi connectivity index (χ2v) is 8.76. The number of hydrogen-bond donors (Lipinski definition) is 1. The maximum Gasteiger partial charge on any atom is 0.251 e. The lowest BCUT2D eigenvalue weighted by Gasteiger charge is -2.19. The van der Waals surface area contributed by atoms with Gasteiger partial charge in [-0.1, -0.05) is 15.9 Å². The first-order valence-corrected chi connectivity index (χ1v) is 11.0. The first-order valence-electron chi connectivity index (χ1n) is 10.2. The summed E-state index contributed by atoms with van der Waals surface area (Å²) in [4.78, 5) is 22.1. The molecule has 4 heterocycles. The summed E-state index contributed by atoms with van der Waals surface area (Å²) in [5.41, 5.74) is 5.21. The summed E-state index contributed by atoms with van der Waals surface area (Å²) in [6.45, 7) is 0.156. The zero-order valence-electron chi connectivity index (χ0n) is 17.6. The Morgan fingerprint density at radius 3 is 2.70 bits per heavy atom. The van der Waals surface area contributed by atoms with Gasteiger partial charge in [-0.15, -0.1) is 0 Å². The lowest BCUT2D eigenvalue weighted by molar-refractivity contribution is 0.246. The van der Waals surface area contributed by atoms with Crippen molar-refractivity contribution >= 4 is 21.6 Å². The van der Waals surface area contributed by atoms with Crippen molar-refractivity contribution in [3.63, 3.8) is 0 Å². The van der Waals surface area contributed by atoms with E-state index in [4.69, 9.17) is 0 Å². The summed E-state index contributed by atoms with van der Waals surface area (Å²) >= 11 is 3.26. The van der Waals surface area contributed by atoms with Crippen molar-refractivity contribution in [2.45, 2.75) is 12.6 Å². The van der Waals surface area contributed by atoms with Crippen molar-refractivity contribution < 1.29 is 9.50 Å². The Kier molecular flexibility index (Phi) is 5.51. The second-order valence-electron chi connectivity index (χ2n) is 7.85. The predicted molar refractivity (Wildman–Crippen MR) is 126 cm³/mol. The molecule has 3 aromatic heterocycles. The van der Waals surface area contributed by atoms with E-state index in [1.807, 2.05) is 19.3 Å². The summed E-state index contributed by atoms with van der Waals surface area (Å²) in [5.74, 6) is -0.446. The molecule has 9 heteroatoms. The molecule has 166 valence electrons.